The van der Waals surface area contributed by atoms with Gasteiger partial charge in [-0.05, 0) is 23.6 Å². The highest BCUT2D eigenvalue weighted by atomic mass is 19.1. The Hall–Kier alpha value is -1.46. The molecule has 1 aliphatic heterocycles. The first-order valence-corrected chi connectivity index (χ1v) is 7.53. The number of benzene rings is 1. The van der Waals surface area contributed by atoms with Gasteiger partial charge in [0.05, 0.1) is 6.54 Å². The number of hydrogen-bond donors (Lipinski definition) is 2. The molecule has 0 spiro atoms. The van der Waals surface area contributed by atoms with Gasteiger partial charge >= 0.3 is 0 Å². The average Bonchev–Trinajstić information content (AvgIpc) is 2.46. The maximum atomic E-state index is 13.4. The maximum Gasteiger partial charge on any atom is 0.234 e. The molecule has 21 heavy (non-hydrogen) atoms. The second kappa shape index (κ2) is 7.52. The summed E-state index contributed by atoms with van der Waals surface area (Å²) in [6, 6.07) is 6.67. The molecule has 0 radical (unpaired) electrons. The second-order valence-corrected chi connectivity index (χ2v) is 5.94. The third kappa shape index (κ3) is 4.79. The lowest BCUT2D eigenvalue weighted by atomic mass is 10.0. The standard InChI is InChI=1S/C16H24FN3O/c1-12(2)9-19-16(21)11-20-7-6-18-10-15(20)13-4-3-5-14(17)8-13/h3-5,8,12,15,18H,6-7,9-11H2,1-2H3,(H,19,21). The molecule has 2 rings (SSSR count). The quantitative estimate of drug-likeness (QED) is 0.865. The van der Waals surface area contributed by atoms with Crippen molar-refractivity contribution in [2.75, 3.05) is 32.7 Å². The molecule has 0 aliphatic carbocycles. The van der Waals surface area contributed by atoms with Crippen LogP contribution in [0.3, 0.4) is 0 Å². The first kappa shape index (κ1) is 15.9. The number of carbonyl (C=O) groups is 1. The predicted octanol–water partition coefficient (Wildman–Crippen LogP) is 1.54. The van der Waals surface area contributed by atoms with E-state index < -0.39 is 0 Å². The number of nitrogens with zero attached hydrogens (tertiary/aromatic N) is 1. The van der Waals surface area contributed by atoms with E-state index in [2.05, 4.69) is 29.4 Å². The molecule has 0 bridgehead atoms. The largest absolute Gasteiger partial charge is 0.355 e. The molecule has 1 aliphatic rings. The van der Waals surface area contributed by atoms with E-state index in [0.717, 1.165) is 25.2 Å². The molecular formula is C16H24FN3O. The van der Waals surface area contributed by atoms with Crippen molar-refractivity contribution < 1.29 is 9.18 Å². The average molecular weight is 293 g/mol. The third-order valence-corrected chi connectivity index (χ3v) is 3.64. The van der Waals surface area contributed by atoms with Gasteiger partial charge in [-0.1, -0.05) is 26.0 Å². The Morgan fingerprint density at radius 1 is 1.52 bits per heavy atom. The number of halogens is 1. The van der Waals surface area contributed by atoms with Crippen LogP contribution in [0.4, 0.5) is 4.39 Å². The number of carbonyl (C=O) groups excluding carboxylic acids is 1. The van der Waals surface area contributed by atoms with Crippen molar-refractivity contribution in [2.24, 2.45) is 5.92 Å². The highest BCUT2D eigenvalue weighted by Crippen LogP contribution is 2.22. The number of rotatable bonds is 5. The Labute approximate surface area is 125 Å². The minimum Gasteiger partial charge on any atom is -0.355 e. The highest BCUT2D eigenvalue weighted by molar-refractivity contribution is 5.78. The summed E-state index contributed by atoms with van der Waals surface area (Å²) in [6.45, 7) is 7.56. The summed E-state index contributed by atoms with van der Waals surface area (Å²) in [6.07, 6.45) is 0. The first-order valence-electron chi connectivity index (χ1n) is 7.53. The topological polar surface area (TPSA) is 44.4 Å². The van der Waals surface area contributed by atoms with E-state index >= 15 is 0 Å². The van der Waals surface area contributed by atoms with Crippen molar-refractivity contribution in [3.8, 4) is 0 Å². The molecule has 1 atom stereocenters. The van der Waals surface area contributed by atoms with Crippen molar-refractivity contribution in [3.63, 3.8) is 0 Å². The summed E-state index contributed by atoms with van der Waals surface area (Å²) in [5.41, 5.74) is 0.916. The van der Waals surface area contributed by atoms with Crippen molar-refractivity contribution in [1.29, 1.82) is 0 Å². The van der Waals surface area contributed by atoms with Gasteiger partial charge in [-0.2, -0.15) is 0 Å². The van der Waals surface area contributed by atoms with Crippen LogP contribution in [0.15, 0.2) is 24.3 Å². The predicted molar refractivity (Wildman–Crippen MR) is 81.4 cm³/mol. The molecule has 1 aromatic carbocycles. The van der Waals surface area contributed by atoms with E-state index in [-0.39, 0.29) is 17.8 Å². The summed E-state index contributed by atoms with van der Waals surface area (Å²) < 4.78 is 13.4. The summed E-state index contributed by atoms with van der Waals surface area (Å²) in [5.74, 6) is 0.241. The first-order chi connectivity index (χ1) is 10.1. The molecule has 1 saturated heterocycles. The lowest BCUT2D eigenvalue weighted by molar-refractivity contribution is -0.123. The molecule has 4 nitrogen and oxygen atoms in total. The van der Waals surface area contributed by atoms with Crippen molar-refractivity contribution in [1.82, 2.24) is 15.5 Å². The molecule has 0 aromatic heterocycles. The van der Waals surface area contributed by atoms with Gasteiger partial charge in [-0.3, -0.25) is 9.69 Å². The van der Waals surface area contributed by atoms with E-state index in [1.54, 1.807) is 12.1 Å². The Balaban J connectivity index is 2.00. The fraction of sp³-hybridized carbons (Fsp3) is 0.562. The lowest BCUT2D eigenvalue weighted by Gasteiger charge is -2.36. The minimum atomic E-state index is -0.234. The van der Waals surface area contributed by atoms with Gasteiger partial charge in [-0.25, -0.2) is 4.39 Å². The monoisotopic (exact) mass is 293 g/mol. The van der Waals surface area contributed by atoms with E-state index in [9.17, 15) is 9.18 Å². The minimum absolute atomic E-state index is 0.0343. The molecule has 1 heterocycles. The van der Waals surface area contributed by atoms with Crippen LogP contribution in [0.1, 0.15) is 25.5 Å². The van der Waals surface area contributed by atoms with Crippen molar-refractivity contribution in [2.45, 2.75) is 19.9 Å². The Bertz CT molecular complexity index is 478. The maximum absolute atomic E-state index is 13.4. The van der Waals surface area contributed by atoms with E-state index in [1.807, 2.05) is 6.07 Å². The summed E-state index contributed by atoms with van der Waals surface area (Å²) in [4.78, 5) is 14.1. The van der Waals surface area contributed by atoms with Gasteiger partial charge in [-0.15, -0.1) is 0 Å². The Morgan fingerprint density at radius 2 is 2.33 bits per heavy atom. The number of amides is 1. The van der Waals surface area contributed by atoms with E-state index in [0.29, 0.717) is 19.0 Å². The molecule has 1 aromatic rings. The van der Waals surface area contributed by atoms with Gasteiger partial charge in [0.15, 0.2) is 0 Å². The zero-order chi connectivity index (χ0) is 15.2. The zero-order valence-electron chi connectivity index (χ0n) is 12.7. The van der Waals surface area contributed by atoms with Crippen LogP contribution in [0.5, 0.6) is 0 Å². The van der Waals surface area contributed by atoms with Crippen LogP contribution >= 0.6 is 0 Å². The third-order valence-electron chi connectivity index (χ3n) is 3.64. The smallest absolute Gasteiger partial charge is 0.234 e. The van der Waals surface area contributed by atoms with Crippen LogP contribution < -0.4 is 10.6 Å². The van der Waals surface area contributed by atoms with E-state index in [1.165, 1.54) is 6.07 Å². The summed E-state index contributed by atoms with van der Waals surface area (Å²) in [5, 5.41) is 6.25. The molecule has 5 heteroatoms. The molecule has 2 N–H and O–H groups in total. The molecule has 1 unspecified atom stereocenters. The number of nitrogens with one attached hydrogen (secondary N) is 2. The van der Waals surface area contributed by atoms with Crippen LogP contribution in [0.2, 0.25) is 0 Å². The fourth-order valence-electron chi connectivity index (χ4n) is 2.54. The number of piperazine rings is 1. The van der Waals surface area contributed by atoms with E-state index in [4.69, 9.17) is 0 Å². The molecule has 1 amide bonds. The van der Waals surface area contributed by atoms with Crippen molar-refractivity contribution in [3.05, 3.63) is 35.6 Å². The molecular weight excluding hydrogens is 269 g/mol. The summed E-state index contributed by atoms with van der Waals surface area (Å²) in [7, 11) is 0. The molecule has 0 saturated carbocycles. The molecule has 1 fully saturated rings. The van der Waals surface area contributed by atoms with Crippen LogP contribution in [-0.2, 0) is 4.79 Å². The van der Waals surface area contributed by atoms with Gasteiger partial charge < -0.3 is 10.6 Å². The Morgan fingerprint density at radius 3 is 3.05 bits per heavy atom. The van der Waals surface area contributed by atoms with Gasteiger partial charge in [0, 0.05) is 32.2 Å². The van der Waals surface area contributed by atoms with Gasteiger partial charge in [0.2, 0.25) is 5.91 Å². The second-order valence-electron chi connectivity index (χ2n) is 5.94. The lowest BCUT2D eigenvalue weighted by Crippen LogP contribution is -2.49. The summed E-state index contributed by atoms with van der Waals surface area (Å²) >= 11 is 0. The molecule has 116 valence electrons. The normalized spacial score (nSPS) is 19.7. The fourth-order valence-corrected chi connectivity index (χ4v) is 2.54. The van der Waals surface area contributed by atoms with Crippen LogP contribution in [0.25, 0.3) is 0 Å². The highest BCUT2D eigenvalue weighted by Gasteiger charge is 2.25. The zero-order valence-corrected chi connectivity index (χ0v) is 12.7. The van der Waals surface area contributed by atoms with Gasteiger partial charge in [0.1, 0.15) is 5.82 Å². The van der Waals surface area contributed by atoms with Gasteiger partial charge in [0.25, 0.3) is 0 Å². The van der Waals surface area contributed by atoms with Crippen LogP contribution in [-0.4, -0.2) is 43.5 Å². The Kier molecular flexibility index (Phi) is 5.70. The van der Waals surface area contributed by atoms with Crippen LogP contribution in [0, 0.1) is 11.7 Å². The SMILES string of the molecule is CC(C)CNC(=O)CN1CCNCC1c1cccc(F)c1. The number of hydrogen-bond acceptors (Lipinski definition) is 3. The van der Waals surface area contributed by atoms with Crippen molar-refractivity contribution >= 4 is 5.91 Å².